The van der Waals surface area contributed by atoms with Crippen molar-refractivity contribution in [1.82, 2.24) is 10.2 Å². The number of para-hydroxylation sites is 1. The van der Waals surface area contributed by atoms with Gasteiger partial charge in [-0.05, 0) is 26.0 Å². The van der Waals surface area contributed by atoms with Crippen LogP contribution in [-0.2, 0) is 9.53 Å². The van der Waals surface area contributed by atoms with Gasteiger partial charge in [0.15, 0.2) is 4.34 Å². The molecule has 1 N–H and O–H groups in total. The lowest BCUT2D eigenvalue weighted by Crippen LogP contribution is -2.20. The Kier molecular flexibility index (Phi) is 5.87. The van der Waals surface area contributed by atoms with Crippen molar-refractivity contribution in [2.75, 3.05) is 11.9 Å². The van der Waals surface area contributed by atoms with Gasteiger partial charge in [0.05, 0.1) is 6.61 Å². The van der Waals surface area contributed by atoms with Crippen molar-refractivity contribution in [2.45, 2.75) is 23.4 Å². The Hall–Kier alpha value is -2.72. The molecule has 10 heteroatoms. The van der Waals surface area contributed by atoms with Crippen LogP contribution in [0.4, 0.5) is 5.13 Å². The first kappa shape index (κ1) is 19.1. The molecular formula is C17H15N3O5S2. The van der Waals surface area contributed by atoms with Crippen LogP contribution >= 0.6 is 23.1 Å². The zero-order chi connectivity index (χ0) is 19.4. The predicted octanol–water partition coefficient (Wildman–Crippen LogP) is 2.94. The second-order valence-corrected chi connectivity index (χ2v) is 7.89. The summed E-state index contributed by atoms with van der Waals surface area (Å²) in [6.07, 6.45) is 0. The number of amides is 1. The van der Waals surface area contributed by atoms with Gasteiger partial charge in [0.25, 0.3) is 5.91 Å². The Labute approximate surface area is 161 Å². The Balaban J connectivity index is 1.72. The number of rotatable bonds is 6. The first-order chi connectivity index (χ1) is 13.0. The number of thioether (sulfide) groups is 1. The number of anilines is 1. The number of nitrogens with one attached hydrogen (secondary N) is 1. The van der Waals surface area contributed by atoms with E-state index in [4.69, 9.17) is 9.15 Å². The van der Waals surface area contributed by atoms with Gasteiger partial charge in [-0.25, -0.2) is 4.79 Å². The van der Waals surface area contributed by atoms with Gasteiger partial charge in [-0.15, -0.1) is 10.2 Å². The van der Waals surface area contributed by atoms with E-state index in [2.05, 4.69) is 15.5 Å². The van der Waals surface area contributed by atoms with Crippen molar-refractivity contribution in [1.29, 1.82) is 0 Å². The van der Waals surface area contributed by atoms with Crippen LogP contribution < -0.4 is 10.9 Å². The predicted molar refractivity (Wildman–Crippen MR) is 102 cm³/mol. The minimum absolute atomic E-state index is 0.127. The molecule has 0 spiro atoms. The van der Waals surface area contributed by atoms with E-state index in [9.17, 15) is 14.4 Å². The number of ether oxygens (including phenoxy) is 1. The number of benzene rings is 1. The first-order valence-corrected chi connectivity index (χ1v) is 9.68. The summed E-state index contributed by atoms with van der Waals surface area (Å²) in [5, 5.41) is 10.7. The van der Waals surface area contributed by atoms with E-state index < -0.39 is 16.8 Å². The SMILES string of the molecule is CCOC(=O)[C@H](C)Sc1nnc(NC(=O)c2cc3ccccc3oc2=O)s1. The van der Waals surface area contributed by atoms with Crippen molar-refractivity contribution in [2.24, 2.45) is 0 Å². The van der Waals surface area contributed by atoms with Crippen LogP contribution in [0, 0.1) is 0 Å². The zero-order valence-electron chi connectivity index (χ0n) is 14.4. The number of aromatic nitrogens is 2. The van der Waals surface area contributed by atoms with Gasteiger partial charge in [0.2, 0.25) is 5.13 Å². The van der Waals surface area contributed by atoms with E-state index in [-0.39, 0.29) is 16.7 Å². The summed E-state index contributed by atoms with van der Waals surface area (Å²) in [4.78, 5) is 36.1. The molecule has 0 fully saturated rings. The lowest BCUT2D eigenvalue weighted by Gasteiger charge is -2.06. The summed E-state index contributed by atoms with van der Waals surface area (Å²) >= 11 is 2.28. The second-order valence-electron chi connectivity index (χ2n) is 5.32. The van der Waals surface area contributed by atoms with Crippen LogP contribution in [0.5, 0.6) is 0 Å². The van der Waals surface area contributed by atoms with Crippen LogP contribution in [-0.4, -0.2) is 33.9 Å². The number of nitrogens with zero attached hydrogens (tertiary/aromatic N) is 2. The van der Waals surface area contributed by atoms with E-state index in [0.29, 0.717) is 21.9 Å². The second kappa shape index (κ2) is 8.31. The minimum Gasteiger partial charge on any atom is -0.465 e. The summed E-state index contributed by atoms with van der Waals surface area (Å²) in [7, 11) is 0. The summed E-state index contributed by atoms with van der Waals surface area (Å²) in [6, 6.07) is 8.38. The number of esters is 1. The molecule has 1 atom stereocenters. The number of carbonyl (C=O) groups is 2. The van der Waals surface area contributed by atoms with Gasteiger partial charge in [0, 0.05) is 5.39 Å². The van der Waals surface area contributed by atoms with E-state index in [1.165, 1.54) is 17.8 Å². The van der Waals surface area contributed by atoms with Gasteiger partial charge in [-0.2, -0.15) is 0 Å². The Morgan fingerprint density at radius 3 is 2.89 bits per heavy atom. The molecule has 3 aromatic rings. The van der Waals surface area contributed by atoms with Crippen molar-refractivity contribution in [3.8, 4) is 0 Å². The third-order valence-electron chi connectivity index (χ3n) is 3.41. The van der Waals surface area contributed by atoms with Gasteiger partial charge >= 0.3 is 11.6 Å². The molecule has 0 aliphatic heterocycles. The van der Waals surface area contributed by atoms with E-state index in [1.807, 2.05) is 0 Å². The molecule has 8 nitrogen and oxygen atoms in total. The number of hydrogen-bond donors (Lipinski definition) is 1. The molecule has 1 amide bonds. The fourth-order valence-corrected chi connectivity index (χ4v) is 4.04. The lowest BCUT2D eigenvalue weighted by atomic mass is 10.2. The van der Waals surface area contributed by atoms with Crippen LogP contribution in [0.1, 0.15) is 24.2 Å². The average molecular weight is 405 g/mol. The van der Waals surface area contributed by atoms with Crippen LogP contribution in [0.15, 0.2) is 43.9 Å². The van der Waals surface area contributed by atoms with Crippen molar-refractivity contribution < 1.29 is 18.7 Å². The minimum atomic E-state index is -0.735. The molecule has 1 aromatic carbocycles. The highest BCUT2D eigenvalue weighted by Gasteiger charge is 2.20. The monoisotopic (exact) mass is 405 g/mol. The van der Waals surface area contributed by atoms with Crippen molar-refractivity contribution >= 4 is 51.1 Å². The molecule has 0 saturated heterocycles. The summed E-state index contributed by atoms with van der Waals surface area (Å²) < 4.78 is 10.6. The molecule has 27 heavy (non-hydrogen) atoms. The van der Waals surface area contributed by atoms with Crippen molar-refractivity contribution in [3.05, 3.63) is 46.3 Å². The van der Waals surface area contributed by atoms with Crippen LogP contribution in [0.2, 0.25) is 0 Å². The molecule has 0 aliphatic carbocycles. The molecule has 0 bridgehead atoms. The standard InChI is InChI=1S/C17H15N3O5S2/c1-3-24-14(22)9(2)26-17-20-19-16(27-17)18-13(21)11-8-10-6-4-5-7-12(10)25-15(11)23/h4-9H,3H2,1-2H3,(H,18,19,21)/t9-/m0/s1. The molecule has 0 unspecified atom stereocenters. The third kappa shape index (κ3) is 4.52. The van der Waals surface area contributed by atoms with Gasteiger partial charge in [-0.1, -0.05) is 41.3 Å². The van der Waals surface area contributed by atoms with Gasteiger partial charge in [0.1, 0.15) is 16.4 Å². The molecule has 0 radical (unpaired) electrons. The maximum Gasteiger partial charge on any atom is 0.349 e. The molecule has 2 heterocycles. The summed E-state index contributed by atoms with van der Waals surface area (Å²) in [6.45, 7) is 3.73. The van der Waals surface area contributed by atoms with Crippen LogP contribution in [0.25, 0.3) is 11.0 Å². The number of fused-ring (bicyclic) bond motifs is 1. The Morgan fingerprint density at radius 2 is 2.11 bits per heavy atom. The molecular weight excluding hydrogens is 390 g/mol. The quantitative estimate of drug-likeness (QED) is 0.288. The fraction of sp³-hybridized carbons (Fsp3) is 0.235. The van der Waals surface area contributed by atoms with Crippen LogP contribution in [0.3, 0.4) is 0 Å². The first-order valence-electron chi connectivity index (χ1n) is 7.99. The topological polar surface area (TPSA) is 111 Å². The normalized spacial score (nSPS) is 11.9. The van der Waals surface area contributed by atoms with E-state index in [1.54, 1.807) is 38.1 Å². The maximum absolute atomic E-state index is 12.4. The Morgan fingerprint density at radius 1 is 1.33 bits per heavy atom. The Bertz CT molecular complexity index is 1050. The van der Waals surface area contributed by atoms with Gasteiger partial charge in [-0.3, -0.25) is 14.9 Å². The molecule has 140 valence electrons. The zero-order valence-corrected chi connectivity index (χ0v) is 16.1. The summed E-state index contributed by atoms with van der Waals surface area (Å²) in [5.41, 5.74) is -0.458. The average Bonchev–Trinajstić information content (AvgIpc) is 3.07. The number of carbonyl (C=O) groups excluding carboxylic acids is 2. The highest BCUT2D eigenvalue weighted by molar-refractivity contribution is 8.02. The lowest BCUT2D eigenvalue weighted by molar-refractivity contribution is -0.142. The molecule has 0 saturated carbocycles. The fourth-order valence-electron chi connectivity index (χ4n) is 2.15. The molecule has 0 aliphatic rings. The van der Waals surface area contributed by atoms with E-state index >= 15 is 0 Å². The molecule has 2 aromatic heterocycles. The largest absolute Gasteiger partial charge is 0.465 e. The number of hydrogen-bond acceptors (Lipinski definition) is 9. The maximum atomic E-state index is 12.4. The molecule has 3 rings (SSSR count). The highest BCUT2D eigenvalue weighted by atomic mass is 32.2. The van der Waals surface area contributed by atoms with Gasteiger partial charge < -0.3 is 9.15 Å². The smallest absolute Gasteiger partial charge is 0.349 e. The third-order valence-corrected chi connectivity index (χ3v) is 5.41. The van der Waals surface area contributed by atoms with Crippen molar-refractivity contribution in [3.63, 3.8) is 0 Å². The van der Waals surface area contributed by atoms with E-state index in [0.717, 1.165) is 11.3 Å². The summed E-state index contributed by atoms with van der Waals surface area (Å²) in [5.74, 6) is -0.988. The highest BCUT2D eigenvalue weighted by Crippen LogP contribution is 2.29.